The molecule has 6 nitrogen and oxygen atoms in total. The first-order valence-electron chi connectivity index (χ1n) is 9.50. The number of nitriles is 1. The molecule has 0 spiro atoms. The van der Waals surface area contributed by atoms with Gasteiger partial charge in [0.25, 0.3) is 0 Å². The number of hydrogen-bond donors (Lipinski definition) is 0. The zero-order valence-corrected chi connectivity index (χ0v) is 18.7. The Bertz CT molecular complexity index is 1230. The number of halogens is 2. The number of benzene rings is 2. The molecule has 0 N–H and O–H groups in total. The minimum Gasteiger partial charge on any atom is -0.345 e. The summed E-state index contributed by atoms with van der Waals surface area (Å²) in [5, 5.41) is 12.3. The average molecular weight is 477 g/mol. The Labute approximate surface area is 189 Å². The largest absolute Gasteiger partial charge is 0.345 e. The minimum absolute atomic E-state index is 0.0382. The van der Waals surface area contributed by atoms with Crippen LogP contribution in [0.3, 0.4) is 0 Å². The fraction of sp³-hybridized carbons (Fsp3) is 0.238. The molecule has 4 rings (SSSR count). The Kier molecular flexibility index (Phi) is 6.25. The minimum atomic E-state index is -3.73. The molecule has 0 bridgehead atoms. The van der Waals surface area contributed by atoms with Crippen molar-refractivity contribution in [3.63, 3.8) is 0 Å². The number of thiazole rings is 1. The van der Waals surface area contributed by atoms with E-state index in [1.165, 1.54) is 39.9 Å². The Morgan fingerprint density at radius 3 is 2.61 bits per heavy atom. The molecule has 0 unspecified atom stereocenters. The van der Waals surface area contributed by atoms with Gasteiger partial charge in [-0.05, 0) is 35.9 Å². The van der Waals surface area contributed by atoms with Gasteiger partial charge in [0.1, 0.15) is 11.9 Å². The summed E-state index contributed by atoms with van der Waals surface area (Å²) in [6.45, 7) is 1.59. The molecule has 0 aliphatic carbocycles. The second-order valence-electron chi connectivity index (χ2n) is 7.07. The van der Waals surface area contributed by atoms with Gasteiger partial charge in [0.15, 0.2) is 5.13 Å². The van der Waals surface area contributed by atoms with Gasteiger partial charge in [-0.2, -0.15) is 9.57 Å². The van der Waals surface area contributed by atoms with Gasteiger partial charge in [0.2, 0.25) is 10.0 Å². The highest BCUT2D eigenvalue weighted by Crippen LogP contribution is 2.26. The molecule has 1 aliphatic rings. The molecule has 1 aromatic heterocycles. The lowest BCUT2D eigenvalue weighted by Gasteiger charge is -2.33. The molecule has 0 radical (unpaired) electrons. The topological polar surface area (TPSA) is 77.3 Å². The highest BCUT2D eigenvalue weighted by molar-refractivity contribution is 7.89. The molecular formula is C21H18ClFN4O2S2. The van der Waals surface area contributed by atoms with Crippen LogP contribution in [0, 0.1) is 17.1 Å². The second kappa shape index (κ2) is 8.93. The first kappa shape index (κ1) is 21.7. The predicted molar refractivity (Wildman–Crippen MR) is 118 cm³/mol. The van der Waals surface area contributed by atoms with E-state index in [4.69, 9.17) is 11.6 Å². The molecule has 31 heavy (non-hydrogen) atoms. The molecule has 0 atom stereocenters. The second-order valence-corrected chi connectivity index (χ2v) is 10.3. The SMILES string of the molecule is N#Cc1ccccc1S(=O)(=O)N1CCN(c2nc(Cc3cc(F)cc(Cl)c3)cs2)CC1. The van der Waals surface area contributed by atoms with Crippen LogP contribution in [0.4, 0.5) is 9.52 Å². The number of nitrogens with zero attached hydrogens (tertiary/aromatic N) is 4. The van der Waals surface area contributed by atoms with Crippen molar-refractivity contribution in [1.29, 1.82) is 5.26 Å². The van der Waals surface area contributed by atoms with Crippen LogP contribution >= 0.6 is 22.9 Å². The van der Waals surface area contributed by atoms with Gasteiger partial charge in [-0.1, -0.05) is 23.7 Å². The summed E-state index contributed by atoms with van der Waals surface area (Å²) in [6.07, 6.45) is 0.466. The standard InChI is InChI=1S/C21H18ClFN4O2S2/c22-17-9-15(10-18(23)12-17)11-19-14-30-21(25-19)26-5-7-27(8-6-26)31(28,29)20-4-2-1-3-16(20)13-24/h1-4,9-10,12,14H,5-8,11H2. The van der Waals surface area contributed by atoms with Crippen molar-refractivity contribution >= 4 is 38.1 Å². The maximum atomic E-state index is 13.5. The van der Waals surface area contributed by atoms with Gasteiger partial charge >= 0.3 is 0 Å². The molecular weight excluding hydrogens is 459 g/mol. The van der Waals surface area contributed by atoms with Crippen LogP contribution in [0.1, 0.15) is 16.8 Å². The monoisotopic (exact) mass is 476 g/mol. The number of piperazine rings is 1. The Balaban J connectivity index is 1.43. The van der Waals surface area contributed by atoms with E-state index in [1.807, 2.05) is 16.3 Å². The van der Waals surface area contributed by atoms with Crippen LogP contribution in [-0.4, -0.2) is 43.9 Å². The third-order valence-corrected chi connectivity index (χ3v) is 8.11. The summed E-state index contributed by atoms with van der Waals surface area (Å²) in [6, 6.07) is 12.6. The highest BCUT2D eigenvalue weighted by Gasteiger charge is 2.31. The summed E-state index contributed by atoms with van der Waals surface area (Å²) in [7, 11) is -3.73. The fourth-order valence-corrected chi connectivity index (χ4v) is 6.18. The number of rotatable bonds is 5. The van der Waals surface area contributed by atoms with E-state index in [9.17, 15) is 18.1 Å². The summed E-state index contributed by atoms with van der Waals surface area (Å²) in [5.74, 6) is -0.381. The third kappa shape index (κ3) is 4.72. The Morgan fingerprint density at radius 2 is 1.90 bits per heavy atom. The maximum absolute atomic E-state index is 13.5. The molecule has 0 amide bonds. The third-order valence-electron chi connectivity index (χ3n) is 4.98. The molecule has 3 aromatic rings. The molecule has 2 heterocycles. The van der Waals surface area contributed by atoms with Crippen molar-refractivity contribution in [2.75, 3.05) is 31.1 Å². The normalized spacial score (nSPS) is 15.1. The van der Waals surface area contributed by atoms with E-state index in [2.05, 4.69) is 4.98 Å². The lowest BCUT2D eigenvalue weighted by molar-refractivity contribution is 0.384. The van der Waals surface area contributed by atoms with Gasteiger partial charge in [0.05, 0.1) is 16.2 Å². The van der Waals surface area contributed by atoms with Gasteiger partial charge in [-0.3, -0.25) is 0 Å². The average Bonchev–Trinajstić information content (AvgIpc) is 3.21. The molecule has 1 fully saturated rings. The maximum Gasteiger partial charge on any atom is 0.244 e. The molecule has 1 saturated heterocycles. The van der Waals surface area contributed by atoms with Crippen LogP contribution in [0.15, 0.2) is 52.7 Å². The lowest BCUT2D eigenvalue weighted by atomic mass is 10.1. The predicted octanol–water partition coefficient (Wildman–Crippen LogP) is 3.91. The van der Waals surface area contributed by atoms with Crippen molar-refractivity contribution in [2.24, 2.45) is 0 Å². The van der Waals surface area contributed by atoms with E-state index >= 15 is 0 Å². The van der Waals surface area contributed by atoms with E-state index in [0.29, 0.717) is 37.6 Å². The van der Waals surface area contributed by atoms with Gasteiger partial charge in [0, 0.05) is 43.0 Å². The number of hydrogen-bond acceptors (Lipinski definition) is 6. The number of aromatic nitrogens is 1. The lowest BCUT2D eigenvalue weighted by Crippen LogP contribution is -2.48. The highest BCUT2D eigenvalue weighted by atomic mass is 35.5. The van der Waals surface area contributed by atoms with Crippen LogP contribution in [0.5, 0.6) is 0 Å². The first-order chi connectivity index (χ1) is 14.9. The van der Waals surface area contributed by atoms with Crippen LogP contribution in [0.25, 0.3) is 0 Å². The molecule has 0 saturated carbocycles. The smallest absolute Gasteiger partial charge is 0.244 e. The van der Waals surface area contributed by atoms with E-state index < -0.39 is 10.0 Å². The summed E-state index contributed by atoms with van der Waals surface area (Å²) < 4.78 is 40.9. The van der Waals surface area contributed by atoms with Crippen molar-refractivity contribution in [1.82, 2.24) is 9.29 Å². The zero-order chi connectivity index (χ0) is 22.0. The van der Waals surface area contributed by atoms with Crippen molar-refractivity contribution < 1.29 is 12.8 Å². The molecule has 1 aliphatic heterocycles. The van der Waals surface area contributed by atoms with Gasteiger partial charge in [-0.25, -0.2) is 17.8 Å². The zero-order valence-electron chi connectivity index (χ0n) is 16.3. The quantitative estimate of drug-likeness (QED) is 0.558. The summed E-state index contributed by atoms with van der Waals surface area (Å²) in [4.78, 5) is 6.70. The van der Waals surface area contributed by atoms with E-state index in [-0.39, 0.29) is 16.3 Å². The van der Waals surface area contributed by atoms with Gasteiger partial charge < -0.3 is 4.90 Å². The fourth-order valence-electron chi connectivity index (χ4n) is 3.49. The number of anilines is 1. The van der Waals surface area contributed by atoms with Crippen LogP contribution < -0.4 is 4.90 Å². The van der Waals surface area contributed by atoms with Gasteiger partial charge in [-0.15, -0.1) is 11.3 Å². The summed E-state index contributed by atoms with van der Waals surface area (Å²) in [5.41, 5.74) is 1.69. The first-order valence-corrected chi connectivity index (χ1v) is 12.2. The van der Waals surface area contributed by atoms with Crippen LogP contribution in [-0.2, 0) is 16.4 Å². The Morgan fingerprint density at radius 1 is 1.16 bits per heavy atom. The molecule has 2 aromatic carbocycles. The van der Waals surface area contributed by atoms with Crippen molar-refractivity contribution in [2.45, 2.75) is 11.3 Å². The number of sulfonamides is 1. The summed E-state index contributed by atoms with van der Waals surface area (Å²) >= 11 is 7.39. The van der Waals surface area contributed by atoms with Crippen molar-refractivity contribution in [3.05, 3.63) is 75.5 Å². The molecule has 160 valence electrons. The van der Waals surface area contributed by atoms with Crippen molar-refractivity contribution in [3.8, 4) is 6.07 Å². The van der Waals surface area contributed by atoms with Crippen LogP contribution in [0.2, 0.25) is 5.02 Å². The molecule has 10 heteroatoms. The Hall–Kier alpha value is -2.51. The van der Waals surface area contributed by atoms with E-state index in [0.717, 1.165) is 16.4 Å². The van der Waals surface area contributed by atoms with E-state index in [1.54, 1.807) is 18.2 Å².